The summed E-state index contributed by atoms with van der Waals surface area (Å²) in [6, 6.07) is 5.74. The van der Waals surface area contributed by atoms with Crippen molar-refractivity contribution in [2.45, 2.75) is 58.4 Å². The van der Waals surface area contributed by atoms with Crippen LogP contribution in [0.3, 0.4) is 0 Å². The first-order valence-corrected chi connectivity index (χ1v) is 13.1. The lowest BCUT2D eigenvalue weighted by Crippen LogP contribution is -2.50. The van der Waals surface area contributed by atoms with Gasteiger partial charge in [-0.25, -0.2) is 14.3 Å². The second-order valence-electron chi connectivity index (χ2n) is 11.0. The minimum Gasteiger partial charge on any atom is -0.444 e. The van der Waals surface area contributed by atoms with Crippen LogP contribution in [0.1, 0.15) is 46.5 Å². The summed E-state index contributed by atoms with van der Waals surface area (Å²) in [5.41, 5.74) is 0.888. The molecule has 3 heterocycles. The standard InChI is InChI=1S/C25H30F3N5O3S/c1-23(2,3)36-22(34)32-9-7-24(8-10-32)12-16(13-24)14-29-20-31-33-15-19(30-21(33)37-20)17-5-4-6-18(11-17)35-25(26,27)28/h4-6,11,15-16H,7-10,12-14H2,1-3H3,(H,29,31). The lowest BCUT2D eigenvalue weighted by molar-refractivity contribution is -0.274. The van der Waals surface area contributed by atoms with Gasteiger partial charge in [-0.15, -0.1) is 18.3 Å². The molecule has 0 unspecified atom stereocenters. The van der Waals surface area contributed by atoms with Crippen LogP contribution in [0.2, 0.25) is 0 Å². The Morgan fingerprint density at radius 2 is 1.95 bits per heavy atom. The van der Waals surface area contributed by atoms with Crippen LogP contribution in [0.5, 0.6) is 5.75 Å². The highest BCUT2D eigenvalue weighted by Gasteiger charge is 2.46. The SMILES string of the molecule is CC(C)(C)OC(=O)N1CCC2(CC1)CC(CNc1nn3cc(-c4cccc(OC(F)(F)F)c4)nc3s1)C2. The Bertz CT molecular complexity index is 1240. The Morgan fingerprint density at radius 1 is 1.22 bits per heavy atom. The summed E-state index contributed by atoms with van der Waals surface area (Å²) >= 11 is 1.40. The van der Waals surface area contributed by atoms with Gasteiger partial charge in [0.05, 0.1) is 11.9 Å². The third-order valence-corrected chi connectivity index (χ3v) is 7.75. The lowest BCUT2D eigenvalue weighted by atomic mass is 9.57. The van der Waals surface area contributed by atoms with Crippen molar-refractivity contribution < 1.29 is 27.4 Å². The number of fused-ring (bicyclic) bond motifs is 1. The van der Waals surface area contributed by atoms with E-state index in [1.165, 1.54) is 29.5 Å². The van der Waals surface area contributed by atoms with Crippen LogP contribution < -0.4 is 10.1 Å². The van der Waals surface area contributed by atoms with E-state index in [2.05, 4.69) is 20.1 Å². The number of imidazole rings is 1. The fourth-order valence-corrected chi connectivity index (χ4v) is 5.99. The van der Waals surface area contributed by atoms with Gasteiger partial charge in [0.15, 0.2) is 0 Å². The van der Waals surface area contributed by atoms with E-state index in [1.54, 1.807) is 16.8 Å². The number of nitrogens with one attached hydrogen (secondary N) is 1. The van der Waals surface area contributed by atoms with Gasteiger partial charge in [-0.3, -0.25) is 0 Å². The molecular formula is C25H30F3N5O3S. The topological polar surface area (TPSA) is 81.0 Å². The van der Waals surface area contributed by atoms with Crippen LogP contribution in [-0.2, 0) is 4.74 Å². The number of amides is 1. The molecule has 1 aromatic carbocycles. The van der Waals surface area contributed by atoms with E-state index in [0.29, 0.717) is 27.6 Å². The third-order valence-electron chi connectivity index (χ3n) is 6.87. The summed E-state index contributed by atoms with van der Waals surface area (Å²) < 4.78 is 48.7. The second kappa shape index (κ2) is 9.38. The Hall–Kier alpha value is -3.02. The Balaban J connectivity index is 1.11. The molecule has 1 saturated heterocycles. The van der Waals surface area contributed by atoms with Gasteiger partial charge in [-0.2, -0.15) is 0 Å². The molecule has 1 aliphatic heterocycles. The second-order valence-corrected chi connectivity index (χ2v) is 11.9. The maximum Gasteiger partial charge on any atom is 0.573 e. The van der Waals surface area contributed by atoms with Crippen molar-refractivity contribution in [3.05, 3.63) is 30.5 Å². The normalized spacial score (nSPS) is 18.2. The number of hydrogen-bond donors (Lipinski definition) is 1. The van der Waals surface area contributed by atoms with Crippen LogP contribution >= 0.6 is 11.3 Å². The average Bonchev–Trinajstić information content (AvgIpc) is 3.33. The molecule has 2 fully saturated rings. The van der Waals surface area contributed by atoms with E-state index in [1.807, 2.05) is 25.7 Å². The van der Waals surface area contributed by atoms with Crippen LogP contribution in [0.4, 0.5) is 23.1 Å². The minimum absolute atomic E-state index is 0.223. The zero-order valence-corrected chi connectivity index (χ0v) is 21.8. The number of nitrogens with zero attached hydrogens (tertiary/aromatic N) is 4. The lowest BCUT2D eigenvalue weighted by Gasteiger charge is -2.52. The summed E-state index contributed by atoms with van der Waals surface area (Å²) in [6.45, 7) is 7.95. The van der Waals surface area contributed by atoms with Crippen LogP contribution in [0.15, 0.2) is 30.5 Å². The average molecular weight is 538 g/mol. The Kier molecular flexibility index (Phi) is 6.49. The van der Waals surface area contributed by atoms with E-state index in [4.69, 9.17) is 4.74 Å². The van der Waals surface area contributed by atoms with Crippen LogP contribution in [-0.4, -0.2) is 57.2 Å². The van der Waals surface area contributed by atoms with Crippen molar-refractivity contribution in [2.24, 2.45) is 11.3 Å². The van der Waals surface area contributed by atoms with E-state index in [0.717, 1.165) is 50.4 Å². The maximum absolute atomic E-state index is 12.5. The van der Waals surface area contributed by atoms with Gasteiger partial charge in [0.25, 0.3) is 0 Å². The molecular weight excluding hydrogens is 507 g/mol. The van der Waals surface area contributed by atoms with Gasteiger partial charge in [0, 0.05) is 25.2 Å². The molecule has 8 nitrogen and oxygen atoms in total. The molecule has 0 radical (unpaired) electrons. The van der Waals surface area contributed by atoms with E-state index >= 15 is 0 Å². The van der Waals surface area contributed by atoms with E-state index in [-0.39, 0.29) is 11.8 Å². The van der Waals surface area contributed by atoms with Gasteiger partial charge in [-0.05, 0) is 69.9 Å². The number of benzene rings is 1. The molecule has 3 aromatic rings. The Morgan fingerprint density at radius 3 is 2.59 bits per heavy atom. The van der Waals surface area contributed by atoms with Crippen molar-refractivity contribution >= 4 is 27.5 Å². The van der Waals surface area contributed by atoms with Gasteiger partial charge >= 0.3 is 12.5 Å². The largest absolute Gasteiger partial charge is 0.573 e. The monoisotopic (exact) mass is 537 g/mol. The molecule has 1 spiro atoms. The minimum atomic E-state index is -4.74. The molecule has 1 N–H and O–H groups in total. The summed E-state index contributed by atoms with van der Waals surface area (Å²) in [5.74, 6) is 0.265. The molecule has 2 aliphatic rings. The molecule has 1 amide bonds. The number of hydrogen-bond acceptors (Lipinski definition) is 7. The summed E-state index contributed by atoms with van der Waals surface area (Å²) in [7, 11) is 0. The molecule has 12 heteroatoms. The quantitative estimate of drug-likeness (QED) is 0.418. The fourth-order valence-electron chi connectivity index (χ4n) is 5.20. The molecule has 1 saturated carbocycles. The first-order chi connectivity index (χ1) is 17.4. The summed E-state index contributed by atoms with van der Waals surface area (Å²) in [6.07, 6.45) is 1.00. The fraction of sp³-hybridized carbons (Fsp3) is 0.560. The highest BCUT2D eigenvalue weighted by molar-refractivity contribution is 7.20. The van der Waals surface area contributed by atoms with Crippen molar-refractivity contribution in [3.63, 3.8) is 0 Å². The third kappa shape index (κ3) is 6.11. The number of anilines is 1. The maximum atomic E-state index is 12.5. The number of ether oxygens (including phenoxy) is 2. The molecule has 37 heavy (non-hydrogen) atoms. The van der Waals surface area contributed by atoms with Gasteiger partial charge in [0.2, 0.25) is 10.1 Å². The molecule has 2 aromatic heterocycles. The van der Waals surface area contributed by atoms with Crippen LogP contribution in [0.25, 0.3) is 16.2 Å². The highest BCUT2D eigenvalue weighted by Crippen LogP contribution is 2.52. The summed E-state index contributed by atoms with van der Waals surface area (Å²) in [5, 5.41) is 8.69. The number of piperidine rings is 1. The molecule has 1 aliphatic carbocycles. The molecule has 0 atom stereocenters. The predicted octanol–water partition coefficient (Wildman–Crippen LogP) is 6.20. The molecule has 0 bridgehead atoms. The first kappa shape index (κ1) is 25.6. The highest BCUT2D eigenvalue weighted by atomic mass is 32.1. The molecule has 5 rings (SSSR count). The van der Waals surface area contributed by atoms with Gasteiger partial charge in [-0.1, -0.05) is 23.5 Å². The van der Waals surface area contributed by atoms with Crippen molar-refractivity contribution in [1.82, 2.24) is 19.5 Å². The zero-order chi connectivity index (χ0) is 26.4. The predicted molar refractivity (Wildman–Crippen MR) is 134 cm³/mol. The van der Waals surface area contributed by atoms with Crippen LogP contribution in [0, 0.1) is 11.3 Å². The Labute approximate surface area is 216 Å². The van der Waals surface area contributed by atoms with Gasteiger partial charge < -0.3 is 19.7 Å². The number of likely N-dealkylation sites (tertiary alicyclic amines) is 1. The van der Waals surface area contributed by atoms with Crippen molar-refractivity contribution in [2.75, 3.05) is 25.0 Å². The zero-order valence-electron chi connectivity index (χ0n) is 21.0. The number of halogens is 3. The molecule has 200 valence electrons. The summed E-state index contributed by atoms with van der Waals surface area (Å²) in [4.78, 5) is 19.3. The van der Waals surface area contributed by atoms with Crippen molar-refractivity contribution in [1.29, 1.82) is 0 Å². The number of alkyl halides is 3. The number of aromatic nitrogens is 3. The smallest absolute Gasteiger partial charge is 0.444 e. The first-order valence-electron chi connectivity index (χ1n) is 12.3. The van der Waals surface area contributed by atoms with Gasteiger partial charge in [0.1, 0.15) is 11.4 Å². The number of carbonyl (C=O) groups excluding carboxylic acids is 1. The number of rotatable bonds is 5. The van der Waals surface area contributed by atoms with E-state index < -0.39 is 12.0 Å². The van der Waals surface area contributed by atoms with Crippen molar-refractivity contribution in [3.8, 4) is 17.0 Å². The van der Waals surface area contributed by atoms with E-state index in [9.17, 15) is 18.0 Å². The number of carbonyl (C=O) groups is 1.